The summed E-state index contributed by atoms with van der Waals surface area (Å²) in [5.41, 5.74) is 5.53. The number of aromatic nitrogens is 2. The van der Waals surface area contributed by atoms with Crippen LogP contribution in [-0.2, 0) is 0 Å². The van der Waals surface area contributed by atoms with E-state index in [0.29, 0.717) is 0 Å². The monoisotopic (exact) mass is 150 g/mol. The minimum absolute atomic E-state index is 0.113. The molecule has 1 aromatic rings. The van der Waals surface area contributed by atoms with Gasteiger partial charge in [-0.05, 0) is 0 Å². The quantitative estimate of drug-likeness (QED) is 0.606. The largest absolute Gasteiger partial charge is 0.467 e. The van der Waals surface area contributed by atoms with Crippen LogP contribution in [0.3, 0.4) is 0 Å². The van der Waals surface area contributed by atoms with Crippen LogP contribution in [-0.4, -0.2) is 17.1 Å². The van der Waals surface area contributed by atoms with Crippen molar-refractivity contribution >= 4 is 5.82 Å². The minimum Gasteiger partial charge on any atom is -0.467 e. The molecule has 5 heteroatoms. The van der Waals surface area contributed by atoms with Crippen LogP contribution in [0.25, 0.3) is 0 Å². The summed E-state index contributed by atoms with van der Waals surface area (Å²) in [6.07, 6.45) is 0. The Morgan fingerprint density at radius 1 is 1.64 bits per heavy atom. The summed E-state index contributed by atoms with van der Waals surface area (Å²) < 4.78 is 4.68. The zero-order valence-electron chi connectivity index (χ0n) is 5.90. The van der Waals surface area contributed by atoms with Gasteiger partial charge in [0.2, 0.25) is 0 Å². The van der Waals surface area contributed by atoms with E-state index in [4.69, 9.17) is 11.0 Å². The van der Waals surface area contributed by atoms with Gasteiger partial charge in [-0.1, -0.05) is 0 Å². The summed E-state index contributed by atoms with van der Waals surface area (Å²) in [5.74, 6) is 0.230. The van der Waals surface area contributed by atoms with Crippen LogP contribution in [0.4, 0.5) is 5.82 Å². The molecule has 0 bridgehead atoms. The Bertz CT molecular complexity index is 304. The Hall–Kier alpha value is -1.83. The van der Waals surface area contributed by atoms with Crippen molar-refractivity contribution in [2.75, 3.05) is 12.8 Å². The molecular formula is C6H6N4O. The second kappa shape index (κ2) is 2.84. The molecule has 0 aliphatic rings. The second-order valence-corrected chi connectivity index (χ2v) is 1.78. The van der Waals surface area contributed by atoms with Gasteiger partial charge in [-0.15, -0.1) is 0 Å². The maximum absolute atomic E-state index is 8.43. The number of hydrogen-bond donors (Lipinski definition) is 1. The lowest BCUT2D eigenvalue weighted by molar-refractivity contribution is 0.380. The molecule has 1 heterocycles. The number of rotatable bonds is 1. The Labute approximate surface area is 63.4 Å². The molecule has 0 saturated carbocycles. The predicted molar refractivity (Wildman–Crippen MR) is 37.7 cm³/mol. The van der Waals surface area contributed by atoms with Gasteiger partial charge in [-0.2, -0.15) is 15.2 Å². The lowest BCUT2D eigenvalue weighted by Gasteiger charge is -1.97. The molecule has 0 unspecified atom stereocenters. The highest BCUT2D eigenvalue weighted by Gasteiger charge is 1.99. The SMILES string of the molecule is COc1nc(N)cc(C#N)n1. The first-order chi connectivity index (χ1) is 5.26. The van der Waals surface area contributed by atoms with E-state index in [9.17, 15) is 0 Å². The fourth-order valence-corrected chi connectivity index (χ4v) is 0.592. The van der Waals surface area contributed by atoms with Gasteiger partial charge < -0.3 is 10.5 Å². The number of nitrogens with zero attached hydrogens (tertiary/aromatic N) is 3. The van der Waals surface area contributed by atoms with E-state index in [1.54, 1.807) is 0 Å². The lowest BCUT2D eigenvalue weighted by Crippen LogP contribution is -1.98. The third-order valence-electron chi connectivity index (χ3n) is 1.02. The molecule has 1 aromatic heterocycles. The molecule has 0 aromatic carbocycles. The lowest BCUT2D eigenvalue weighted by atomic mass is 10.4. The van der Waals surface area contributed by atoms with Gasteiger partial charge in [0.15, 0.2) is 0 Å². The highest BCUT2D eigenvalue weighted by atomic mass is 16.5. The van der Waals surface area contributed by atoms with Crippen LogP contribution < -0.4 is 10.5 Å². The van der Waals surface area contributed by atoms with Gasteiger partial charge >= 0.3 is 6.01 Å². The molecule has 0 spiro atoms. The van der Waals surface area contributed by atoms with Crippen LogP contribution in [0.5, 0.6) is 6.01 Å². The highest BCUT2D eigenvalue weighted by molar-refractivity contribution is 5.36. The molecule has 0 saturated heterocycles. The fraction of sp³-hybridized carbons (Fsp3) is 0.167. The van der Waals surface area contributed by atoms with Crippen molar-refractivity contribution in [2.45, 2.75) is 0 Å². The maximum Gasteiger partial charge on any atom is 0.319 e. The molecule has 0 radical (unpaired) electrons. The number of nitrogen functional groups attached to an aromatic ring is 1. The Balaban J connectivity index is 3.15. The summed E-state index contributed by atoms with van der Waals surface area (Å²) in [6, 6.07) is 3.32. The first-order valence-electron chi connectivity index (χ1n) is 2.85. The maximum atomic E-state index is 8.43. The molecule has 0 aliphatic carbocycles. The molecule has 56 valence electrons. The van der Waals surface area contributed by atoms with Gasteiger partial charge in [0.05, 0.1) is 7.11 Å². The third kappa shape index (κ3) is 1.55. The number of hydrogen-bond acceptors (Lipinski definition) is 5. The van der Waals surface area contributed by atoms with E-state index < -0.39 is 0 Å². The second-order valence-electron chi connectivity index (χ2n) is 1.78. The normalized spacial score (nSPS) is 8.73. The standard InChI is InChI=1S/C6H6N4O/c1-11-6-9-4(3-7)2-5(8)10-6/h2H,1H3,(H2,8,9,10). The van der Waals surface area contributed by atoms with Crippen molar-refractivity contribution in [1.29, 1.82) is 5.26 Å². The number of methoxy groups -OCH3 is 1. The number of nitriles is 1. The summed E-state index contributed by atoms with van der Waals surface area (Å²) in [4.78, 5) is 7.39. The summed E-state index contributed by atoms with van der Waals surface area (Å²) in [7, 11) is 1.41. The van der Waals surface area contributed by atoms with Crippen LogP contribution >= 0.6 is 0 Å². The van der Waals surface area contributed by atoms with Crippen molar-refractivity contribution in [3.63, 3.8) is 0 Å². The van der Waals surface area contributed by atoms with Gasteiger partial charge in [-0.25, -0.2) is 0 Å². The summed E-state index contributed by atoms with van der Waals surface area (Å²) >= 11 is 0. The van der Waals surface area contributed by atoms with Crippen molar-refractivity contribution < 1.29 is 4.74 Å². The van der Waals surface area contributed by atoms with Crippen LogP contribution in [0, 0.1) is 11.3 Å². The topological polar surface area (TPSA) is 84.8 Å². The van der Waals surface area contributed by atoms with Crippen molar-refractivity contribution in [2.24, 2.45) is 0 Å². The predicted octanol–water partition coefficient (Wildman–Crippen LogP) is -0.0609. The van der Waals surface area contributed by atoms with Crippen molar-refractivity contribution in [1.82, 2.24) is 9.97 Å². The molecule has 0 fully saturated rings. The van der Waals surface area contributed by atoms with Crippen LogP contribution in [0.2, 0.25) is 0 Å². The van der Waals surface area contributed by atoms with E-state index in [2.05, 4.69) is 14.7 Å². The van der Waals surface area contributed by atoms with Gasteiger partial charge in [0.1, 0.15) is 17.6 Å². The number of ether oxygens (including phenoxy) is 1. The van der Waals surface area contributed by atoms with Crippen molar-refractivity contribution in [3.05, 3.63) is 11.8 Å². The smallest absolute Gasteiger partial charge is 0.319 e. The average Bonchev–Trinajstić information content (AvgIpc) is 2.03. The third-order valence-corrected chi connectivity index (χ3v) is 1.02. The zero-order valence-corrected chi connectivity index (χ0v) is 5.90. The first kappa shape index (κ1) is 7.28. The van der Waals surface area contributed by atoms with Gasteiger partial charge in [-0.3, -0.25) is 0 Å². The molecule has 0 amide bonds. The average molecular weight is 150 g/mol. The number of anilines is 1. The molecule has 1 rings (SSSR count). The van der Waals surface area contributed by atoms with E-state index in [0.717, 1.165) is 0 Å². The Kier molecular flexibility index (Phi) is 1.88. The molecule has 0 atom stereocenters. The number of nitrogens with two attached hydrogens (primary N) is 1. The van der Waals surface area contributed by atoms with E-state index >= 15 is 0 Å². The molecular weight excluding hydrogens is 144 g/mol. The fourth-order valence-electron chi connectivity index (χ4n) is 0.592. The van der Waals surface area contributed by atoms with Gasteiger partial charge in [0, 0.05) is 6.07 Å². The zero-order chi connectivity index (χ0) is 8.27. The van der Waals surface area contributed by atoms with Crippen LogP contribution in [0.1, 0.15) is 5.69 Å². The van der Waals surface area contributed by atoms with E-state index in [1.807, 2.05) is 6.07 Å². The summed E-state index contributed by atoms with van der Waals surface area (Å²) in [5, 5.41) is 8.43. The van der Waals surface area contributed by atoms with Crippen LogP contribution in [0.15, 0.2) is 6.07 Å². The molecule has 0 aliphatic heterocycles. The molecule has 11 heavy (non-hydrogen) atoms. The first-order valence-corrected chi connectivity index (χ1v) is 2.85. The molecule has 2 N–H and O–H groups in total. The van der Waals surface area contributed by atoms with E-state index in [-0.39, 0.29) is 17.5 Å². The van der Waals surface area contributed by atoms with Gasteiger partial charge in [0.25, 0.3) is 0 Å². The Morgan fingerprint density at radius 2 is 2.36 bits per heavy atom. The van der Waals surface area contributed by atoms with E-state index in [1.165, 1.54) is 13.2 Å². The highest BCUT2D eigenvalue weighted by Crippen LogP contribution is 2.06. The molecule has 5 nitrogen and oxygen atoms in total. The minimum atomic E-state index is 0.113. The summed E-state index contributed by atoms with van der Waals surface area (Å²) in [6.45, 7) is 0. The van der Waals surface area contributed by atoms with Crippen molar-refractivity contribution in [3.8, 4) is 12.1 Å². The Morgan fingerprint density at radius 3 is 2.91 bits per heavy atom.